The maximum absolute atomic E-state index is 12.3. The zero-order valence-corrected chi connectivity index (χ0v) is 11.5. The predicted molar refractivity (Wildman–Crippen MR) is 69.2 cm³/mol. The van der Waals surface area contributed by atoms with Crippen molar-refractivity contribution in [3.8, 4) is 0 Å². The highest BCUT2D eigenvalue weighted by Crippen LogP contribution is 2.20. The first kappa shape index (κ1) is 16.5. The van der Waals surface area contributed by atoms with Crippen LogP contribution in [-0.2, 0) is 16.0 Å². The quantitative estimate of drug-likeness (QED) is 0.818. The van der Waals surface area contributed by atoms with Gasteiger partial charge in [-0.2, -0.15) is 13.2 Å². The van der Waals surface area contributed by atoms with Gasteiger partial charge in [-0.25, -0.2) is 0 Å². The Bertz CT molecular complexity index is 434. The Balaban J connectivity index is 2.70. The molecular weight excluding hydrogens is 271 g/mol. The molecule has 0 aliphatic carbocycles. The van der Waals surface area contributed by atoms with Crippen LogP contribution in [0, 0.1) is 0 Å². The number of carbonyl (C=O) groups is 1. The molecule has 0 saturated heterocycles. The molecule has 0 fully saturated rings. The van der Waals surface area contributed by atoms with Gasteiger partial charge in [-0.3, -0.25) is 10.1 Å². The first-order valence-electron chi connectivity index (χ1n) is 6.21. The Morgan fingerprint density at radius 3 is 2.35 bits per heavy atom. The molecule has 1 N–H and O–H groups in total. The maximum Gasteiger partial charge on any atom is 0.401 e. The third-order valence-corrected chi connectivity index (χ3v) is 3.07. The van der Waals surface area contributed by atoms with E-state index in [4.69, 9.17) is 0 Å². The molecule has 6 heteroatoms. The number of ether oxygens (including phenoxy) is 1. The molecule has 1 rings (SSSR count). The van der Waals surface area contributed by atoms with Gasteiger partial charge in [-0.05, 0) is 25.3 Å². The standard InChI is InChI=1S/C14H18F3NO2/c1-13(12(19)20-2,18-10-14(15,16)17)9-8-11-6-4-3-5-7-11/h3-7,18H,8-10H2,1-2H3. The van der Waals surface area contributed by atoms with E-state index in [1.54, 1.807) is 0 Å². The van der Waals surface area contributed by atoms with Gasteiger partial charge in [0.25, 0.3) is 0 Å². The van der Waals surface area contributed by atoms with Gasteiger partial charge in [-0.1, -0.05) is 30.3 Å². The van der Waals surface area contributed by atoms with Crippen molar-refractivity contribution in [3.05, 3.63) is 35.9 Å². The molecule has 0 saturated carbocycles. The van der Waals surface area contributed by atoms with Crippen LogP contribution in [0.3, 0.4) is 0 Å². The summed E-state index contributed by atoms with van der Waals surface area (Å²) in [4.78, 5) is 11.7. The summed E-state index contributed by atoms with van der Waals surface area (Å²) in [7, 11) is 1.17. The number of rotatable bonds is 6. The second-order valence-corrected chi connectivity index (χ2v) is 4.78. The average molecular weight is 289 g/mol. The molecule has 0 amide bonds. The van der Waals surface area contributed by atoms with E-state index in [9.17, 15) is 18.0 Å². The Kier molecular flexibility index (Phi) is 5.56. The number of hydrogen-bond donors (Lipinski definition) is 1. The van der Waals surface area contributed by atoms with E-state index < -0.39 is 24.2 Å². The highest BCUT2D eigenvalue weighted by molar-refractivity contribution is 5.80. The van der Waals surface area contributed by atoms with Gasteiger partial charge in [0.2, 0.25) is 0 Å². The van der Waals surface area contributed by atoms with Crippen LogP contribution in [0.4, 0.5) is 13.2 Å². The minimum absolute atomic E-state index is 0.222. The lowest BCUT2D eigenvalue weighted by atomic mass is 9.93. The fourth-order valence-electron chi connectivity index (χ4n) is 1.82. The summed E-state index contributed by atoms with van der Waals surface area (Å²) in [6, 6.07) is 9.26. The summed E-state index contributed by atoms with van der Waals surface area (Å²) in [5.74, 6) is -0.697. The predicted octanol–water partition coefficient (Wildman–Crippen LogP) is 2.70. The van der Waals surface area contributed by atoms with Crippen molar-refractivity contribution in [2.45, 2.75) is 31.5 Å². The lowest BCUT2D eigenvalue weighted by Crippen LogP contribution is -2.53. The highest BCUT2D eigenvalue weighted by atomic mass is 19.4. The van der Waals surface area contributed by atoms with E-state index in [0.29, 0.717) is 6.42 Å². The summed E-state index contributed by atoms with van der Waals surface area (Å²) in [5.41, 5.74) is -0.406. The fourth-order valence-corrected chi connectivity index (χ4v) is 1.82. The van der Waals surface area contributed by atoms with Crippen LogP contribution in [0.25, 0.3) is 0 Å². The molecule has 1 aromatic carbocycles. The average Bonchev–Trinajstić information content (AvgIpc) is 2.42. The number of nitrogens with one attached hydrogen (secondary N) is 1. The van der Waals surface area contributed by atoms with Crippen LogP contribution in [0.15, 0.2) is 30.3 Å². The number of alkyl halides is 3. The molecule has 0 aliphatic heterocycles. The van der Waals surface area contributed by atoms with Crippen LogP contribution < -0.4 is 5.32 Å². The summed E-state index contributed by atoms with van der Waals surface area (Å²) >= 11 is 0. The summed E-state index contributed by atoms with van der Waals surface area (Å²) < 4.78 is 41.5. The van der Waals surface area contributed by atoms with Gasteiger partial charge in [0.15, 0.2) is 0 Å². The number of benzene rings is 1. The molecule has 0 aromatic heterocycles. The first-order chi connectivity index (χ1) is 9.27. The molecular formula is C14H18F3NO2. The third-order valence-electron chi connectivity index (χ3n) is 3.07. The molecule has 1 unspecified atom stereocenters. The molecule has 3 nitrogen and oxygen atoms in total. The van der Waals surface area contributed by atoms with Crippen molar-refractivity contribution in [2.75, 3.05) is 13.7 Å². The number of methoxy groups -OCH3 is 1. The fraction of sp³-hybridized carbons (Fsp3) is 0.500. The lowest BCUT2D eigenvalue weighted by Gasteiger charge is -2.28. The molecule has 1 atom stereocenters. The lowest BCUT2D eigenvalue weighted by molar-refractivity contribution is -0.153. The molecule has 0 heterocycles. The van der Waals surface area contributed by atoms with Gasteiger partial charge >= 0.3 is 12.1 Å². The SMILES string of the molecule is COC(=O)C(C)(CCc1ccccc1)NCC(F)(F)F. The smallest absolute Gasteiger partial charge is 0.401 e. The van der Waals surface area contributed by atoms with Gasteiger partial charge in [-0.15, -0.1) is 0 Å². The maximum atomic E-state index is 12.3. The van der Waals surface area contributed by atoms with E-state index in [1.807, 2.05) is 30.3 Å². The van der Waals surface area contributed by atoms with E-state index in [2.05, 4.69) is 10.1 Å². The van der Waals surface area contributed by atoms with Crippen molar-refractivity contribution in [1.82, 2.24) is 5.32 Å². The summed E-state index contributed by atoms with van der Waals surface area (Å²) in [6.45, 7) is 0.195. The largest absolute Gasteiger partial charge is 0.468 e. The number of esters is 1. The van der Waals surface area contributed by atoms with E-state index in [1.165, 1.54) is 14.0 Å². The zero-order valence-electron chi connectivity index (χ0n) is 11.5. The van der Waals surface area contributed by atoms with Crippen molar-refractivity contribution >= 4 is 5.97 Å². The summed E-state index contributed by atoms with van der Waals surface area (Å²) in [6.07, 6.45) is -3.67. The molecule has 112 valence electrons. The van der Waals surface area contributed by atoms with Crippen molar-refractivity contribution in [3.63, 3.8) is 0 Å². The Morgan fingerprint density at radius 1 is 1.25 bits per heavy atom. The second-order valence-electron chi connectivity index (χ2n) is 4.78. The number of carbonyl (C=O) groups excluding carboxylic acids is 1. The molecule has 0 radical (unpaired) electrons. The zero-order chi connectivity index (χ0) is 15.2. The molecule has 20 heavy (non-hydrogen) atoms. The highest BCUT2D eigenvalue weighted by Gasteiger charge is 2.38. The van der Waals surface area contributed by atoms with Crippen LogP contribution >= 0.6 is 0 Å². The number of aryl methyl sites for hydroxylation is 1. The minimum atomic E-state index is -4.37. The summed E-state index contributed by atoms with van der Waals surface area (Å²) in [5, 5.41) is 2.26. The Morgan fingerprint density at radius 2 is 1.85 bits per heavy atom. The monoisotopic (exact) mass is 289 g/mol. The van der Waals surface area contributed by atoms with Crippen molar-refractivity contribution in [2.24, 2.45) is 0 Å². The van der Waals surface area contributed by atoms with Crippen molar-refractivity contribution in [1.29, 1.82) is 0 Å². The third kappa shape index (κ3) is 5.21. The number of halogens is 3. The van der Waals surface area contributed by atoms with Gasteiger partial charge in [0.1, 0.15) is 5.54 Å². The van der Waals surface area contributed by atoms with Crippen LogP contribution in [0.2, 0.25) is 0 Å². The van der Waals surface area contributed by atoms with E-state index in [0.717, 1.165) is 5.56 Å². The Labute approximate surface area is 116 Å². The number of hydrogen-bond acceptors (Lipinski definition) is 3. The molecule has 0 bridgehead atoms. The normalized spacial score (nSPS) is 14.7. The molecule has 0 spiro atoms. The van der Waals surface area contributed by atoms with Crippen LogP contribution in [-0.4, -0.2) is 31.3 Å². The van der Waals surface area contributed by atoms with Gasteiger partial charge in [0, 0.05) is 0 Å². The van der Waals surface area contributed by atoms with E-state index in [-0.39, 0.29) is 6.42 Å². The minimum Gasteiger partial charge on any atom is -0.468 e. The topological polar surface area (TPSA) is 38.3 Å². The molecule has 0 aliphatic rings. The van der Waals surface area contributed by atoms with Crippen molar-refractivity contribution < 1.29 is 22.7 Å². The van der Waals surface area contributed by atoms with Gasteiger partial charge in [0.05, 0.1) is 13.7 Å². The Hall–Kier alpha value is -1.56. The first-order valence-corrected chi connectivity index (χ1v) is 6.21. The van der Waals surface area contributed by atoms with Crippen LogP contribution in [0.5, 0.6) is 0 Å². The van der Waals surface area contributed by atoms with Crippen LogP contribution in [0.1, 0.15) is 18.9 Å². The second kappa shape index (κ2) is 6.74. The van der Waals surface area contributed by atoms with Gasteiger partial charge < -0.3 is 4.74 Å². The van der Waals surface area contributed by atoms with E-state index >= 15 is 0 Å². The molecule has 1 aromatic rings.